The zero-order valence-electron chi connectivity index (χ0n) is 12.4. The van der Waals surface area contributed by atoms with Crippen LogP contribution in [-0.4, -0.2) is 36.0 Å². The molecule has 0 spiro atoms. The van der Waals surface area contributed by atoms with Crippen molar-refractivity contribution in [1.82, 2.24) is 10.2 Å². The first-order chi connectivity index (χ1) is 9.32. The first-order valence-corrected chi connectivity index (χ1v) is 7.61. The summed E-state index contributed by atoms with van der Waals surface area (Å²) in [6.45, 7) is 9.74. The molecule has 1 aromatic carbocycles. The SMILES string of the molecule is CC(C)N(CCNC(=O)c1ccc(Br)cc1F)C(C)C. The summed E-state index contributed by atoms with van der Waals surface area (Å²) in [5.41, 5.74) is 0.0776. The zero-order valence-corrected chi connectivity index (χ0v) is 14.0. The molecule has 0 unspecified atom stereocenters. The number of benzene rings is 1. The molecule has 0 aliphatic rings. The number of nitrogens with one attached hydrogen (secondary N) is 1. The second-order valence-corrected chi connectivity index (χ2v) is 6.22. The molecule has 5 heteroatoms. The van der Waals surface area contributed by atoms with Gasteiger partial charge in [-0.15, -0.1) is 0 Å². The normalized spacial score (nSPS) is 11.4. The molecule has 0 atom stereocenters. The maximum Gasteiger partial charge on any atom is 0.254 e. The predicted molar refractivity (Wildman–Crippen MR) is 83.4 cm³/mol. The number of halogens is 2. The molecule has 0 aromatic heterocycles. The Kier molecular flexibility index (Phi) is 6.62. The molecule has 0 aliphatic carbocycles. The summed E-state index contributed by atoms with van der Waals surface area (Å²) in [4.78, 5) is 14.2. The number of carbonyl (C=O) groups excluding carboxylic acids is 1. The van der Waals surface area contributed by atoms with Crippen molar-refractivity contribution in [3.8, 4) is 0 Å². The highest BCUT2D eigenvalue weighted by molar-refractivity contribution is 9.10. The fourth-order valence-electron chi connectivity index (χ4n) is 2.18. The minimum absolute atomic E-state index is 0.0776. The van der Waals surface area contributed by atoms with E-state index in [0.717, 1.165) is 6.54 Å². The second kappa shape index (κ2) is 7.74. The summed E-state index contributed by atoms with van der Waals surface area (Å²) in [6.07, 6.45) is 0. The molecule has 0 aliphatic heterocycles. The Morgan fingerprint density at radius 1 is 1.30 bits per heavy atom. The monoisotopic (exact) mass is 344 g/mol. The topological polar surface area (TPSA) is 32.3 Å². The van der Waals surface area contributed by atoms with E-state index in [0.29, 0.717) is 23.1 Å². The van der Waals surface area contributed by atoms with Crippen LogP contribution in [0.4, 0.5) is 4.39 Å². The first kappa shape index (κ1) is 17.1. The summed E-state index contributed by atoms with van der Waals surface area (Å²) in [6, 6.07) is 5.26. The van der Waals surface area contributed by atoms with Crippen molar-refractivity contribution < 1.29 is 9.18 Å². The number of carbonyl (C=O) groups is 1. The summed E-state index contributed by atoms with van der Waals surface area (Å²) in [5.74, 6) is -0.885. The van der Waals surface area contributed by atoms with Crippen molar-refractivity contribution in [2.75, 3.05) is 13.1 Å². The van der Waals surface area contributed by atoms with Gasteiger partial charge in [-0.3, -0.25) is 9.69 Å². The smallest absolute Gasteiger partial charge is 0.254 e. The fourth-order valence-corrected chi connectivity index (χ4v) is 2.51. The molecule has 0 radical (unpaired) electrons. The van der Waals surface area contributed by atoms with Crippen molar-refractivity contribution in [3.63, 3.8) is 0 Å². The van der Waals surface area contributed by atoms with Crippen LogP contribution in [0.3, 0.4) is 0 Å². The standard InChI is InChI=1S/C15H22BrFN2O/c1-10(2)19(11(3)4)8-7-18-15(20)13-6-5-12(16)9-14(13)17/h5-6,9-11H,7-8H2,1-4H3,(H,18,20). The number of rotatable bonds is 6. The highest BCUT2D eigenvalue weighted by Crippen LogP contribution is 2.15. The van der Waals surface area contributed by atoms with Gasteiger partial charge in [0.1, 0.15) is 5.82 Å². The van der Waals surface area contributed by atoms with Crippen LogP contribution in [0, 0.1) is 5.82 Å². The summed E-state index contributed by atoms with van der Waals surface area (Å²) in [7, 11) is 0. The lowest BCUT2D eigenvalue weighted by atomic mass is 10.2. The minimum Gasteiger partial charge on any atom is -0.351 e. The third kappa shape index (κ3) is 4.87. The lowest BCUT2D eigenvalue weighted by Gasteiger charge is -2.30. The highest BCUT2D eigenvalue weighted by Gasteiger charge is 2.15. The van der Waals surface area contributed by atoms with E-state index in [1.807, 2.05) is 0 Å². The van der Waals surface area contributed by atoms with E-state index < -0.39 is 5.82 Å². The van der Waals surface area contributed by atoms with E-state index in [2.05, 4.69) is 53.8 Å². The molecule has 1 rings (SSSR count). The molecular weight excluding hydrogens is 323 g/mol. The largest absolute Gasteiger partial charge is 0.351 e. The summed E-state index contributed by atoms with van der Waals surface area (Å²) in [5, 5.41) is 2.76. The maximum absolute atomic E-state index is 13.6. The van der Waals surface area contributed by atoms with Gasteiger partial charge in [0.15, 0.2) is 0 Å². The summed E-state index contributed by atoms with van der Waals surface area (Å²) >= 11 is 3.17. The number of amides is 1. The Balaban J connectivity index is 2.55. The molecule has 3 nitrogen and oxygen atoms in total. The quantitative estimate of drug-likeness (QED) is 0.857. The molecule has 0 fully saturated rings. The third-order valence-electron chi connectivity index (χ3n) is 3.16. The van der Waals surface area contributed by atoms with Gasteiger partial charge in [-0.2, -0.15) is 0 Å². The summed E-state index contributed by atoms with van der Waals surface area (Å²) < 4.78 is 14.3. The zero-order chi connectivity index (χ0) is 15.3. The van der Waals surface area contributed by atoms with Crippen LogP contribution in [-0.2, 0) is 0 Å². The van der Waals surface area contributed by atoms with Crippen LogP contribution in [0.1, 0.15) is 38.1 Å². The van der Waals surface area contributed by atoms with Gasteiger partial charge in [0.2, 0.25) is 0 Å². The Bertz CT molecular complexity index is 455. The molecule has 112 valence electrons. The van der Waals surface area contributed by atoms with Crippen molar-refractivity contribution in [3.05, 3.63) is 34.1 Å². The Morgan fingerprint density at radius 3 is 2.40 bits per heavy atom. The lowest BCUT2D eigenvalue weighted by molar-refractivity contribution is 0.0935. The van der Waals surface area contributed by atoms with Gasteiger partial charge in [-0.05, 0) is 45.9 Å². The fraction of sp³-hybridized carbons (Fsp3) is 0.533. The van der Waals surface area contributed by atoms with E-state index in [-0.39, 0.29) is 11.5 Å². The second-order valence-electron chi connectivity index (χ2n) is 5.31. The first-order valence-electron chi connectivity index (χ1n) is 6.82. The molecule has 0 saturated heterocycles. The minimum atomic E-state index is -0.513. The molecule has 1 aromatic rings. The average molecular weight is 345 g/mol. The van der Waals surface area contributed by atoms with Crippen LogP contribution in [0.2, 0.25) is 0 Å². The van der Waals surface area contributed by atoms with Crippen molar-refractivity contribution in [1.29, 1.82) is 0 Å². The molecule has 1 amide bonds. The average Bonchev–Trinajstić information content (AvgIpc) is 2.33. The number of hydrogen-bond acceptors (Lipinski definition) is 2. The van der Waals surface area contributed by atoms with Crippen LogP contribution in [0.15, 0.2) is 22.7 Å². The molecular formula is C15H22BrFN2O. The van der Waals surface area contributed by atoms with Crippen molar-refractivity contribution in [2.24, 2.45) is 0 Å². The molecule has 0 bridgehead atoms. The van der Waals surface area contributed by atoms with Crippen molar-refractivity contribution >= 4 is 21.8 Å². The van der Waals surface area contributed by atoms with E-state index in [1.54, 1.807) is 6.07 Å². The third-order valence-corrected chi connectivity index (χ3v) is 3.65. The maximum atomic E-state index is 13.6. The Morgan fingerprint density at radius 2 is 1.90 bits per heavy atom. The van der Waals surface area contributed by atoms with Gasteiger partial charge < -0.3 is 5.32 Å². The van der Waals surface area contributed by atoms with E-state index >= 15 is 0 Å². The molecule has 0 saturated carbocycles. The van der Waals surface area contributed by atoms with Gasteiger partial charge in [0, 0.05) is 29.6 Å². The van der Waals surface area contributed by atoms with Gasteiger partial charge >= 0.3 is 0 Å². The molecule has 20 heavy (non-hydrogen) atoms. The Hall–Kier alpha value is -0.940. The van der Waals surface area contributed by atoms with E-state index in [1.165, 1.54) is 12.1 Å². The molecule has 1 N–H and O–H groups in total. The lowest BCUT2D eigenvalue weighted by Crippen LogP contribution is -2.42. The van der Waals surface area contributed by atoms with Crippen LogP contribution in [0.5, 0.6) is 0 Å². The highest BCUT2D eigenvalue weighted by atomic mass is 79.9. The molecule has 0 heterocycles. The Labute approximate surface area is 128 Å². The number of nitrogens with zero attached hydrogens (tertiary/aromatic N) is 1. The van der Waals surface area contributed by atoms with Crippen LogP contribution in [0.25, 0.3) is 0 Å². The van der Waals surface area contributed by atoms with Crippen LogP contribution >= 0.6 is 15.9 Å². The van der Waals surface area contributed by atoms with Crippen LogP contribution < -0.4 is 5.32 Å². The van der Waals surface area contributed by atoms with Crippen molar-refractivity contribution in [2.45, 2.75) is 39.8 Å². The van der Waals surface area contributed by atoms with Gasteiger partial charge in [0.25, 0.3) is 5.91 Å². The van der Waals surface area contributed by atoms with Gasteiger partial charge in [0.05, 0.1) is 5.56 Å². The number of hydrogen-bond donors (Lipinski definition) is 1. The van der Waals surface area contributed by atoms with Gasteiger partial charge in [-0.1, -0.05) is 15.9 Å². The van der Waals surface area contributed by atoms with Gasteiger partial charge in [-0.25, -0.2) is 4.39 Å². The predicted octanol–water partition coefficient (Wildman–Crippen LogP) is 3.44. The van der Waals surface area contributed by atoms with E-state index in [9.17, 15) is 9.18 Å². The van der Waals surface area contributed by atoms with E-state index in [4.69, 9.17) is 0 Å².